The number of hydrogen-bond acceptors (Lipinski definition) is 1. The van der Waals surface area contributed by atoms with Crippen LogP contribution in [0.5, 0.6) is 0 Å². The lowest BCUT2D eigenvalue weighted by molar-refractivity contribution is -0.132. The van der Waals surface area contributed by atoms with Gasteiger partial charge < -0.3 is 4.90 Å². The predicted molar refractivity (Wildman–Crippen MR) is 68.8 cm³/mol. The zero-order chi connectivity index (χ0) is 12.0. The van der Waals surface area contributed by atoms with Crippen LogP contribution >= 0.6 is 11.6 Å². The van der Waals surface area contributed by atoms with E-state index in [1.807, 2.05) is 4.90 Å². The van der Waals surface area contributed by atoms with Crippen molar-refractivity contribution in [3.05, 3.63) is 0 Å². The fourth-order valence-electron chi connectivity index (χ4n) is 2.29. The first-order chi connectivity index (χ1) is 7.65. The Morgan fingerprint density at radius 2 is 2.00 bits per heavy atom. The maximum atomic E-state index is 11.8. The molecular weight excluding hydrogens is 222 g/mol. The number of carbonyl (C=O) groups excluding carboxylic acids is 1. The number of amides is 1. The van der Waals surface area contributed by atoms with E-state index in [0.29, 0.717) is 11.8 Å². The molecule has 1 heterocycles. The molecule has 0 radical (unpaired) electrons. The lowest BCUT2D eigenvalue weighted by Crippen LogP contribution is -2.39. The maximum Gasteiger partial charge on any atom is 0.222 e. The highest BCUT2D eigenvalue weighted by atomic mass is 35.5. The molecule has 1 aliphatic heterocycles. The fourth-order valence-corrected chi connectivity index (χ4v) is 2.54. The van der Waals surface area contributed by atoms with Crippen molar-refractivity contribution in [3.63, 3.8) is 0 Å². The number of nitrogens with zero attached hydrogens (tertiary/aromatic N) is 1. The van der Waals surface area contributed by atoms with E-state index in [-0.39, 0.29) is 5.38 Å². The van der Waals surface area contributed by atoms with Crippen LogP contribution in [0.2, 0.25) is 0 Å². The zero-order valence-corrected chi connectivity index (χ0v) is 11.3. The highest BCUT2D eigenvalue weighted by Gasteiger charge is 2.24. The molecule has 0 N–H and O–H groups in total. The second-order valence-electron chi connectivity index (χ2n) is 4.85. The molecule has 0 aliphatic carbocycles. The van der Waals surface area contributed by atoms with Crippen LogP contribution in [-0.2, 0) is 4.79 Å². The molecule has 0 spiro atoms. The molecule has 0 aromatic carbocycles. The van der Waals surface area contributed by atoms with E-state index >= 15 is 0 Å². The van der Waals surface area contributed by atoms with E-state index in [1.54, 1.807) is 0 Å². The van der Waals surface area contributed by atoms with E-state index in [1.165, 1.54) is 12.8 Å². The number of carbonyl (C=O) groups is 1. The maximum absolute atomic E-state index is 11.8. The van der Waals surface area contributed by atoms with E-state index in [9.17, 15) is 4.79 Å². The number of halogens is 1. The summed E-state index contributed by atoms with van der Waals surface area (Å²) in [6.07, 6.45) is 6.27. The van der Waals surface area contributed by atoms with Crippen molar-refractivity contribution in [2.45, 2.75) is 57.7 Å². The molecule has 0 bridgehead atoms. The number of rotatable bonds is 5. The van der Waals surface area contributed by atoms with Crippen molar-refractivity contribution in [2.75, 3.05) is 13.1 Å². The van der Waals surface area contributed by atoms with Crippen LogP contribution in [0.1, 0.15) is 52.4 Å². The molecule has 16 heavy (non-hydrogen) atoms. The third-order valence-electron chi connectivity index (χ3n) is 3.54. The summed E-state index contributed by atoms with van der Waals surface area (Å²) in [5, 5.41) is 0.248. The zero-order valence-electron chi connectivity index (χ0n) is 10.5. The third-order valence-corrected chi connectivity index (χ3v) is 3.89. The average Bonchev–Trinajstić information content (AvgIpc) is 2.29. The van der Waals surface area contributed by atoms with E-state index in [0.717, 1.165) is 38.8 Å². The van der Waals surface area contributed by atoms with Crippen molar-refractivity contribution in [2.24, 2.45) is 5.92 Å². The SMILES string of the molecule is CCCCCC(=O)N1CCC(C(C)Cl)CC1. The summed E-state index contributed by atoms with van der Waals surface area (Å²) in [5.41, 5.74) is 0. The van der Waals surface area contributed by atoms with Crippen LogP contribution < -0.4 is 0 Å². The highest BCUT2D eigenvalue weighted by molar-refractivity contribution is 6.20. The molecule has 1 atom stereocenters. The first-order valence-corrected chi connectivity index (χ1v) is 7.00. The second-order valence-corrected chi connectivity index (χ2v) is 5.54. The summed E-state index contributed by atoms with van der Waals surface area (Å²) < 4.78 is 0. The Balaban J connectivity index is 2.22. The Morgan fingerprint density at radius 3 is 2.50 bits per heavy atom. The third kappa shape index (κ3) is 4.32. The standard InChI is InChI=1S/C13H24ClNO/c1-3-4-5-6-13(16)15-9-7-12(8-10-15)11(2)14/h11-12H,3-10H2,1-2H3. The van der Waals surface area contributed by atoms with Gasteiger partial charge in [0.2, 0.25) is 5.91 Å². The van der Waals surface area contributed by atoms with Crippen LogP contribution in [0.25, 0.3) is 0 Å². The topological polar surface area (TPSA) is 20.3 Å². The second kappa shape index (κ2) is 7.16. The van der Waals surface area contributed by atoms with E-state index in [4.69, 9.17) is 11.6 Å². The van der Waals surface area contributed by atoms with Gasteiger partial charge in [-0.05, 0) is 32.1 Å². The van der Waals surface area contributed by atoms with Crippen LogP contribution in [0.15, 0.2) is 0 Å². The summed E-state index contributed by atoms with van der Waals surface area (Å²) in [6.45, 7) is 6.04. The fraction of sp³-hybridized carbons (Fsp3) is 0.923. The van der Waals surface area contributed by atoms with Gasteiger partial charge in [0.1, 0.15) is 0 Å². The molecule has 94 valence electrons. The summed E-state index contributed by atoms with van der Waals surface area (Å²) >= 11 is 6.08. The molecule has 1 aliphatic rings. The number of unbranched alkanes of at least 4 members (excludes halogenated alkanes) is 2. The summed E-state index contributed by atoms with van der Waals surface area (Å²) in [7, 11) is 0. The van der Waals surface area contributed by atoms with Gasteiger partial charge in [0, 0.05) is 24.9 Å². The quantitative estimate of drug-likeness (QED) is 0.537. The monoisotopic (exact) mass is 245 g/mol. The number of alkyl halides is 1. The van der Waals surface area contributed by atoms with Crippen molar-refractivity contribution in [3.8, 4) is 0 Å². The largest absolute Gasteiger partial charge is 0.343 e. The molecule has 0 aromatic heterocycles. The minimum atomic E-state index is 0.248. The van der Waals surface area contributed by atoms with Crippen LogP contribution in [0, 0.1) is 5.92 Å². The Kier molecular flexibility index (Phi) is 6.18. The van der Waals surface area contributed by atoms with Gasteiger partial charge in [-0.1, -0.05) is 19.8 Å². The molecule has 1 amide bonds. The normalized spacial score (nSPS) is 19.8. The lowest BCUT2D eigenvalue weighted by Gasteiger charge is -2.33. The smallest absolute Gasteiger partial charge is 0.222 e. The molecule has 1 unspecified atom stereocenters. The minimum absolute atomic E-state index is 0.248. The average molecular weight is 246 g/mol. The van der Waals surface area contributed by atoms with Crippen LogP contribution in [-0.4, -0.2) is 29.3 Å². The van der Waals surface area contributed by atoms with Gasteiger partial charge in [-0.25, -0.2) is 0 Å². The van der Waals surface area contributed by atoms with Crippen molar-refractivity contribution < 1.29 is 4.79 Å². The first-order valence-electron chi connectivity index (χ1n) is 6.57. The lowest BCUT2D eigenvalue weighted by atomic mass is 9.94. The molecule has 1 fully saturated rings. The first kappa shape index (κ1) is 13.8. The number of likely N-dealkylation sites (tertiary alicyclic amines) is 1. The molecule has 1 saturated heterocycles. The Labute approximate surface area is 104 Å². The minimum Gasteiger partial charge on any atom is -0.343 e. The van der Waals surface area contributed by atoms with Crippen molar-refractivity contribution in [1.82, 2.24) is 4.90 Å². The predicted octanol–water partition coefficient (Wildman–Crippen LogP) is 3.43. The van der Waals surface area contributed by atoms with E-state index in [2.05, 4.69) is 13.8 Å². The Bertz CT molecular complexity index is 210. The summed E-state index contributed by atoms with van der Waals surface area (Å²) in [6, 6.07) is 0. The molecule has 1 rings (SSSR count). The van der Waals surface area contributed by atoms with Gasteiger partial charge in [0.15, 0.2) is 0 Å². The Morgan fingerprint density at radius 1 is 1.38 bits per heavy atom. The highest BCUT2D eigenvalue weighted by Crippen LogP contribution is 2.24. The molecular formula is C13H24ClNO. The molecule has 2 nitrogen and oxygen atoms in total. The van der Waals surface area contributed by atoms with Crippen molar-refractivity contribution in [1.29, 1.82) is 0 Å². The van der Waals surface area contributed by atoms with Gasteiger partial charge in [-0.2, -0.15) is 0 Å². The summed E-state index contributed by atoms with van der Waals surface area (Å²) in [5.74, 6) is 0.940. The van der Waals surface area contributed by atoms with Gasteiger partial charge in [-0.3, -0.25) is 4.79 Å². The van der Waals surface area contributed by atoms with E-state index < -0.39 is 0 Å². The van der Waals surface area contributed by atoms with Gasteiger partial charge in [-0.15, -0.1) is 11.6 Å². The van der Waals surface area contributed by atoms with Gasteiger partial charge >= 0.3 is 0 Å². The van der Waals surface area contributed by atoms with Crippen LogP contribution in [0.4, 0.5) is 0 Å². The molecule has 0 saturated carbocycles. The Hall–Kier alpha value is -0.240. The summed E-state index contributed by atoms with van der Waals surface area (Å²) in [4.78, 5) is 13.9. The van der Waals surface area contributed by atoms with Crippen LogP contribution in [0.3, 0.4) is 0 Å². The number of hydrogen-bond donors (Lipinski definition) is 0. The van der Waals surface area contributed by atoms with Crippen molar-refractivity contribution >= 4 is 17.5 Å². The number of piperidine rings is 1. The van der Waals surface area contributed by atoms with Gasteiger partial charge in [0.05, 0.1) is 0 Å². The molecule has 0 aromatic rings. The van der Waals surface area contributed by atoms with Gasteiger partial charge in [0.25, 0.3) is 0 Å². The molecule has 3 heteroatoms.